The number of nitrogens with one attached hydrogen (secondary N) is 2. The molecule has 0 spiro atoms. The molecule has 20 heavy (non-hydrogen) atoms. The number of hydrogen-bond acceptors (Lipinski definition) is 2. The van der Waals surface area contributed by atoms with E-state index in [-0.39, 0.29) is 24.4 Å². The fourth-order valence-corrected chi connectivity index (χ4v) is 2.06. The summed E-state index contributed by atoms with van der Waals surface area (Å²) in [5, 5.41) is 5.36. The summed E-state index contributed by atoms with van der Waals surface area (Å²) in [5.74, 6) is -0.378. The number of anilines is 1. The van der Waals surface area contributed by atoms with Crippen LogP contribution in [0.25, 0.3) is 0 Å². The van der Waals surface area contributed by atoms with Crippen LogP contribution in [0.5, 0.6) is 0 Å². The maximum absolute atomic E-state index is 11.7. The summed E-state index contributed by atoms with van der Waals surface area (Å²) < 4.78 is 0.939. The molecule has 1 aromatic rings. The Balaban J connectivity index is 2.45. The first-order chi connectivity index (χ1) is 9.38. The van der Waals surface area contributed by atoms with Gasteiger partial charge in [-0.25, -0.2) is 4.79 Å². The number of nitrogens with two attached hydrogens (primary N) is 1. The summed E-state index contributed by atoms with van der Waals surface area (Å²) in [6.45, 7) is 4.27. The third kappa shape index (κ3) is 6.06. The number of primary amides is 1. The molecule has 5 nitrogen and oxygen atoms in total. The van der Waals surface area contributed by atoms with Crippen LogP contribution in [-0.2, 0) is 4.79 Å². The lowest BCUT2D eigenvalue weighted by Gasteiger charge is -2.16. The van der Waals surface area contributed by atoms with Crippen LogP contribution in [0.3, 0.4) is 0 Å². The number of amides is 3. The van der Waals surface area contributed by atoms with E-state index in [0.717, 1.165) is 4.47 Å². The third-order valence-corrected chi connectivity index (χ3v) is 3.30. The zero-order chi connectivity index (χ0) is 15.1. The second kappa shape index (κ2) is 7.89. The largest absolute Gasteiger partial charge is 0.369 e. The number of rotatable bonds is 6. The summed E-state index contributed by atoms with van der Waals surface area (Å²) in [6.07, 6.45) is 0.661. The average molecular weight is 342 g/mol. The van der Waals surface area contributed by atoms with Crippen molar-refractivity contribution in [3.05, 3.63) is 28.7 Å². The molecule has 0 bridgehead atoms. The highest BCUT2D eigenvalue weighted by Crippen LogP contribution is 2.14. The molecule has 0 fully saturated rings. The van der Waals surface area contributed by atoms with Crippen molar-refractivity contribution in [3.8, 4) is 0 Å². The molecule has 6 heteroatoms. The molecule has 3 amide bonds. The highest BCUT2D eigenvalue weighted by Gasteiger charge is 2.17. The predicted molar refractivity (Wildman–Crippen MR) is 83.3 cm³/mol. The summed E-state index contributed by atoms with van der Waals surface area (Å²) in [6, 6.07) is 6.88. The van der Waals surface area contributed by atoms with Crippen molar-refractivity contribution >= 4 is 33.6 Å². The van der Waals surface area contributed by atoms with Gasteiger partial charge in [0.2, 0.25) is 5.91 Å². The minimum atomic E-state index is -0.386. The Labute approximate surface area is 127 Å². The van der Waals surface area contributed by atoms with Crippen molar-refractivity contribution in [1.82, 2.24) is 5.32 Å². The molecule has 110 valence electrons. The summed E-state index contributed by atoms with van der Waals surface area (Å²) in [7, 11) is 0. The fraction of sp³-hybridized carbons (Fsp3) is 0.429. The van der Waals surface area contributed by atoms with E-state index in [1.807, 2.05) is 26.0 Å². The topological polar surface area (TPSA) is 84.2 Å². The van der Waals surface area contributed by atoms with Crippen LogP contribution in [0, 0.1) is 11.8 Å². The van der Waals surface area contributed by atoms with Gasteiger partial charge in [0.25, 0.3) is 0 Å². The predicted octanol–water partition coefficient (Wildman–Crippen LogP) is 2.72. The van der Waals surface area contributed by atoms with Gasteiger partial charge in [0, 0.05) is 16.7 Å². The van der Waals surface area contributed by atoms with Gasteiger partial charge in [0.1, 0.15) is 0 Å². The van der Waals surface area contributed by atoms with Gasteiger partial charge < -0.3 is 16.4 Å². The maximum Gasteiger partial charge on any atom is 0.319 e. The number of halogens is 1. The minimum absolute atomic E-state index is 0.246. The first-order valence-electron chi connectivity index (χ1n) is 6.48. The molecule has 0 aliphatic carbocycles. The zero-order valence-electron chi connectivity index (χ0n) is 11.7. The van der Waals surface area contributed by atoms with Gasteiger partial charge in [-0.15, -0.1) is 0 Å². The SMILES string of the molecule is CC(C)CC(CNC(=O)Nc1ccc(Br)cc1)C(N)=O. The minimum Gasteiger partial charge on any atom is -0.369 e. The molecule has 0 saturated heterocycles. The van der Waals surface area contributed by atoms with Crippen molar-refractivity contribution in [2.75, 3.05) is 11.9 Å². The van der Waals surface area contributed by atoms with Gasteiger partial charge in [-0.2, -0.15) is 0 Å². The fourth-order valence-electron chi connectivity index (χ4n) is 1.79. The van der Waals surface area contributed by atoms with E-state index < -0.39 is 0 Å². The third-order valence-electron chi connectivity index (χ3n) is 2.77. The summed E-state index contributed by atoms with van der Waals surface area (Å²) in [5.41, 5.74) is 6.01. The molecular weight excluding hydrogens is 322 g/mol. The van der Waals surface area contributed by atoms with E-state index in [0.29, 0.717) is 18.0 Å². The van der Waals surface area contributed by atoms with E-state index in [9.17, 15) is 9.59 Å². The van der Waals surface area contributed by atoms with Crippen molar-refractivity contribution in [2.24, 2.45) is 17.6 Å². The molecule has 4 N–H and O–H groups in total. The van der Waals surface area contributed by atoms with Gasteiger partial charge in [-0.05, 0) is 36.6 Å². The highest BCUT2D eigenvalue weighted by atomic mass is 79.9. The molecule has 1 atom stereocenters. The van der Waals surface area contributed by atoms with Gasteiger partial charge in [-0.3, -0.25) is 4.79 Å². The Morgan fingerprint density at radius 2 is 1.85 bits per heavy atom. The average Bonchev–Trinajstić information content (AvgIpc) is 2.36. The van der Waals surface area contributed by atoms with Crippen molar-refractivity contribution in [1.29, 1.82) is 0 Å². The Morgan fingerprint density at radius 1 is 1.25 bits per heavy atom. The maximum atomic E-state index is 11.7. The quantitative estimate of drug-likeness (QED) is 0.743. The second-order valence-corrected chi connectivity index (χ2v) is 5.99. The van der Waals surface area contributed by atoms with E-state index in [1.165, 1.54) is 0 Å². The molecular formula is C14H20BrN3O2. The van der Waals surface area contributed by atoms with Crippen LogP contribution in [0.15, 0.2) is 28.7 Å². The van der Waals surface area contributed by atoms with Gasteiger partial charge in [0.05, 0.1) is 5.92 Å². The normalized spacial score (nSPS) is 12.0. The number of benzene rings is 1. The molecule has 0 aromatic heterocycles. The number of carbonyl (C=O) groups is 2. The number of urea groups is 1. The van der Waals surface area contributed by atoms with Gasteiger partial charge in [-0.1, -0.05) is 29.8 Å². The van der Waals surface area contributed by atoms with Gasteiger partial charge in [0.15, 0.2) is 0 Å². The Kier molecular flexibility index (Phi) is 6.51. The lowest BCUT2D eigenvalue weighted by atomic mass is 9.96. The van der Waals surface area contributed by atoms with Crippen molar-refractivity contribution < 1.29 is 9.59 Å². The standard InChI is InChI=1S/C14H20BrN3O2/c1-9(2)7-10(13(16)19)8-17-14(20)18-12-5-3-11(15)4-6-12/h3-6,9-10H,7-8H2,1-2H3,(H2,16,19)(H2,17,18,20). The molecule has 1 aromatic carbocycles. The summed E-state index contributed by atoms with van der Waals surface area (Å²) in [4.78, 5) is 23.0. The van der Waals surface area contributed by atoms with E-state index in [2.05, 4.69) is 26.6 Å². The first-order valence-corrected chi connectivity index (χ1v) is 7.27. The molecule has 0 aliphatic heterocycles. The lowest BCUT2D eigenvalue weighted by Crippen LogP contribution is -2.38. The zero-order valence-corrected chi connectivity index (χ0v) is 13.2. The number of carbonyl (C=O) groups excluding carboxylic acids is 2. The van der Waals surface area contributed by atoms with Crippen LogP contribution >= 0.6 is 15.9 Å². The van der Waals surface area contributed by atoms with Gasteiger partial charge >= 0.3 is 6.03 Å². The van der Waals surface area contributed by atoms with Crippen LogP contribution in [0.4, 0.5) is 10.5 Å². The van der Waals surface area contributed by atoms with E-state index in [4.69, 9.17) is 5.73 Å². The monoisotopic (exact) mass is 341 g/mol. The summed E-state index contributed by atoms with van der Waals surface area (Å²) >= 11 is 3.32. The van der Waals surface area contributed by atoms with E-state index >= 15 is 0 Å². The molecule has 0 saturated carbocycles. The van der Waals surface area contributed by atoms with Crippen LogP contribution < -0.4 is 16.4 Å². The molecule has 0 radical (unpaired) electrons. The first kappa shape index (κ1) is 16.5. The van der Waals surface area contributed by atoms with E-state index in [1.54, 1.807) is 12.1 Å². The Bertz CT molecular complexity index is 460. The Hall–Kier alpha value is -1.56. The van der Waals surface area contributed by atoms with Crippen molar-refractivity contribution in [3.63, 3.8) is 0 Å². The van der Waals surface area contributed by atoms with Crippen molar-refractivity contribution in [2.45, 2.75) is 20.3 Å². The highest BCUT2D eigenvalue weighted by molar-refractivity contribution is 9.10. The van der Waals surface area contributed by atoms with Crippen LogP contribution in [-0.4, -0.2) is 18.5 Å². The smallest absolute Gasteiger partial charge is 0.319 e. The lowest BCUT2D eigenvalue weighted by molar-refractivity contribution is -0.122. The Morgan fingerprint density at radius 3 is 2.35 bits per heavy atom. The molecule has 0 heterocycles. The van der Waals surface area contributed by atoms with Crippen LogP contribution in [0.2, 0.25) is 0 Å². The molecule has 1 unspecified atom stereocenters. The molecule has 0 aliphatic rings. The second-order valence-electron chi connectivity index (χ2n) is 5.07. The van der Waals surface area contributed by atoms with Crippen LogP contribution in [0.1, 0.15) is 20.3 Å². The number of hydrogen-bond donors (Lipinski definition) is 3. The molecule has 1 rings (SSSR count).